The van der Waals surface area contributed by atoms with Gasteiger partial charge in [-0.05, 0) is 36.8 Å². The zero-order valence-corrected chi connectivity index (χ0v) is 10.6. The average Bonchev–Trinajstić information content (AvgIpc) is 2.38. The Kier molecular flexibility index (Phi) is 3.74. The normalized spacial score (nSPS) is 10.1. The van der Waals surface area contributed by atoms with Crippen LogP contribution in [0.4, 0.5) is 10.1 Å². The van der Waals surface area contributed by atoms with Gasteiger partial charge in [-0.2, -0.15) is 0 Å². The smallest absolute Gasteiger partial charge is 0.337 e. The molecule has 0 spiro atoms. The van der Waals surface area contributed by atoms with Gasteiger partial charge in [0.25, 0.3) is 5.91 Å². The zero-order valence-electron chi connectivity index (χ0n) is 10.6. The predicted molar refractivity (Wildman–Crippen MR) is 70.3 cm³/mol. The minimum Gasteiger partial charge on any atom is -0.478 e. The number of carboxylic acid groups (broad SMARTS) is 1. The van der Waals surface area contributed by atoms with Crippen LogP contribution in [-0.2, 0) is 0 Å². The molecule has 2 N–H and O–H groups in total. The fraction of sp³-hybridized carbons (Fsp3) is 0.0714. The van der Waals surface area contributed by atoms with Gasteiger partial charge >= 0.3 is 5.97 Å². The number of nitrogens with zero attached hydrogens (tertiary/aromatic N) is 1. The van der Waals surface area contributed by atoms with Gasteiger partial charge in [0, 0.05) is 11.8 Å². The molecule has 0 saturated carbocycles. The monoisotopic (exact) mass is 274 g/mol. The van der Waals surface area contributed by atoms with E-state index in [2.05, 4.69) is 10.3 Å². The van der Waals surface area contributed by atoms with Gasteiger partial charge < -0.3 is 10.4 Å². The van der Waals surface area contributed by atoms with Crippen LogP contribution in [0.5, 0.6) is 0 Å². The number of nitrogens with one attached hydrogen (secondary N) is 1. The van der Waals surface area contributed by atoms with Crippen molar-refractivity contribution in [3.63, 3.8) is 0 Å². The minimum atomic E-state index is -1.13. The van der Waals surface area contributed by atoms with E-state index in [0.29, 0.717) is 11.1 Å². The van der Waals surface area contributed by atoms with E-state index in [1.807, 2.05) is 0 Å². The van der Waals surface area contributed by atoms with Crippen LogP contribution < -0.4 is 5.32 Å². The van der Waals surface area contributed by atoms with Crippen LogP contribution in [0.25, 0.3) is 0 Å². The van der Waals surface area contributed by atoms with Crippen molar-refractivity contribution in [1.29, 1.82) is 0 Å². The standard InChI is InChI=1S/C14H11FN2O3/c1-8-4-10(15)2-3-12(8)13(18)17-11-5-9(14(19)20)6-16-7-11/h2-7H,1H3,(H,17,18)(H,19,20). The van der Waals surface area contributed by atoms with Gasteiger partial charge in [0.2, 0.25) is 0 Å². The first-order valence-corrected chi connectivity index (χ1v) is 5.73. The first-order valence-electron chi connectivity index (χ1n) is 5.73. The van der Waals surface area contributed by atoms with Crippen molar-refractivity contribution in [2.24, 2.45) is 0 Å². The summed E-state index contributed by atoms with van der Waals surface area (Å²) in [6.45, 7) is 1.61. The maximum atomic E-state index is 13.0. The van der Waals surface area contributed by atoms with E-state index < -0.39 is 17.7 Å². The first-order chi connectivity index (χ1) is 9.47. The average molecular weight is 274 g/mol. The molecule has 0 unspecified atom stereocenters. The molecule has 6 heteroatoms. The summed E-state index contributed by atoms with van der Waals surface area (Å²) in [5.41, 5.74) is 1.04. The molecule has 5 nitrogen and oxygen atoms in total. The SMILES string of the molecule is Cc1cc(F)ccc1C(=O)Nc1cncc(C(=O)O)c1. The lowest BCUT2D eigenvalue weighted by atomic mass is 10.1. The summed E-state index contributed by atoms with van der Waals surface area (Å²) in [6, 6.07) is 5.11. The van der Waals surface area contributed by atoms with Gasteiger partial charge in [0.1, 0.15) is 5.82 Å². The highest BCUT2D eigenvalue weighted by molar-refractivity contribution is 6.05. The molecule has 0 saturated heterocycles. The molecule has 0 radical (unpaired) electrons. The molecule has 0 aliphatic carbocycles. The number of aryl methyl sites for hydroxylation is 1. The predicted octanol–water partition coefficient (Wildman–Crippen LogP) is 2.48. The van der Waals surface area contributed by atoms with Crippen LogP contribution in [0.2, 0.25) is 0 Å². The van der Waals surface area contributed by atoms with Crippen LogP contribution in [-0.4, -0.2) is 22.0 Å². The Morgan fingerprint density at radius 2 is 2.00 bits per heavy atom. The van der Waals surface area contributed by atoms with E-state index in [9.17, 15) is 14.0 Å². The number of aromatic carboxylic acids is 1. The molecular weight excluding hydrogens is 263 g/mol. The Bertz CT molecular complexity index is 686. The van der Waals surface area contributed by atoms with Crippen molar-refractivity contribution >= 4 is 17.6 Å². The number of rotatable bonds is 3. The zero-order chi connectivity index (χ0) is 14.7. The molecule has 0 aliphatic heterocycles. The lowest BCUT2D eigenvalue weighted by Gasteiger charge is -2.08. The lowest BCUT2D eigenvalue weighted by molar-refractivity contribution is 0.0696. The second kappa shape index (κ2) is 5.48. The summed E-state index contributed by atoms with van der Waals surface area (Å²) >= 11 is 0. The molecular formula is C14H11FN2O3. The quantitative estimate of drug-likeness (QED) is 0.901. The van der Waals surface area contributed by atoms with Crippen molar-refractivity contribution in [3.05, 3.63) is 59.2 Å². The third kappa shape index (κ3) is 2.97. The Morgan fingerprint density at radius 1 is 1.25 bits per heavy atom. The van der Waals surface area contributed by atoms with E-state index in [4.69, 9.17) is 5.11 Å². The first kappa shape index (κ1) is 13.7. The number of anilines is 1. The molecule has 1 heterocycles. The number of halogens is 1. The second-order valence-corrected chi connectivity index (χ2v) is 4.18. The Balaban J connectivity index is 2.23. The summed E-state index contributed by atoms with van der Waals surface area (Å²) in [6.07, 6.45) is 2.52. The van der Waals surface area contributed by atoms with Crippen LogP contribution in [0, 0.1) is 12.7 Å². The summed E-state index contributed by atoms with van der Waals surface area (Å²) in [4.78, 5) is 26.6. The third-order valence-corrected chi connectivity index (χ3v) is 2.68. The maximum absolute atomic E-state index is 13.0. The van der Waals surface area contributed by atoms with Gasteiger partial charge in [0.15, 0.2) is 0 Å². The van der Waals surface area contributed by atoms with E-state index >= 15 is 0 Å². The molecule has 102 valence electrons. The van der Waals surface area contributed by atoms with Gasteiger partial charge in [-0.15, -0.1) is 0 Å². The van der Waals surface area contributed by atoms with Gasteiger partial charge in [0.05, 0.1) is 17.4 Å². The summed E-state index contributed by atoms with van der Waals surface area (Å²) in [5.74, 6) is -2.01. The fourth-order valence-corrected chi connectivity index (χ4v) is 1.71. The van der Waals surface area contributed by atoms with Crippen LogP contribution >= 0.6 is 0 Å². The number of hydrogen-bond acceptors (Lipinski definition) is 3. The molecule has 0 atom stereocenters. The molecule has 1 aromatic carbocycles. The van der Waals surface area contributed by atoms with Crippen molar-refractivity contribution in [2.45, 2.75) is 6.92 Å². The van der Waals surface area contributed by atoms with Crippen molar-refractivity contribution < 1.29 is 19.1 Å². The fourth-order valence-electron chi connectivity index (χ4n) is 1.71. The molecule has 0 aliphatic rings. The maximum Gasteiger partial charge on any atom is 0.337 e. The number of carbonyl (C=O) groups is 2. The summed E-state index contributed by atoms with van der Waals surface area (Å²) in [5, 5.41) is 11.4. The van der Waals surface area contributed by atoms with Crippen molar-refractivity contribution in [3.8, 4) is 0 Å². The lowest BCUT2D eigenvalue weighted by Crippen LogP contribution is -2.14. The van der Waals surface area contributed by atoms with Crippen LogP contribution in [0.1, 0.15) is 26.3 Å². The van der Waals surface area contributed by atoms with Crippen LogP contribution in [0.15, 0.2) is 36.7 Å². The topological polar surface area (TPSA) is 79.3 Å². The number of benzene rings is 1. The van der Waals surface area contributed by atoms with Gasteiger partial charge in [-0.1, -0.05) is 0 Å². The Hall–Kier alpha value is -2.76. The largest absolute Gasteiger partial charge is 0.478 e. The van der Waals surface area contributed by atoms with E-state index in [-0.39, 0.29) is 11.3 Å². The number of aromatic nitrogens is 1. The second-order valence-electron chi connectivity index (χ2n) is 4.18. The molecule has 1 aromatic heterocycles. The Morgan fingerprint density at radius 3 is 2.65 bits per heavy atom. The highest BCUT2D eigenvalue weighted by atomic mass is 19.1. The molecule has 2 rings (SSSR count). The van der Waals surface area contributed by atoms with Crippen molar-refractivity contribution in [1.82, 2.24) is 4.98 Å². The van der Waals surface area contributed by atoms with Crippen LogP contribution in [0.3, 0.4) is 0 Å². The summed E-state index contributed by atoms with van der Waals surface area (Å²) < 4.78 is 13.0. The van der Waals surface area contributed by atoms with Gasteiger partial charge in [-0.25, -0.2) is 9.18 Å². The molecule has 20 heavy (non-hydrogen) atoms. The highest BCUT2D eigenvalue weighted by Gasteiger charge is 2.11. The van der Waals surface area contributed by atoms with Crippen molar-refractivity contribution in [2.75, 3.05) is 5.32 Å². The Labute approximate surface area is 114 Å². The summed E-state index contributed by atoms with van der Waals surface area (Å²) in [7, 11) is 0. The van der Waals surface area contributed by atoms with E-state index in [1.165, 1.54) is 36.7 Å². The van der Waals surface area contributed by atoms with E-state index in [0.717, 1.165) is 0 Å². The number of carbonyl (C=O) groups excluding carboxylic acids is 1. The third-order valence-electron chi connectivity index (χ3n) is 2.68. The van der Waals surface area contributed by atoms with Gasteiger partial charge in [-0.3, -0.25) is 9.78 Å². The number of amides is 1. The minimum absolute atomic E-state index is 0.0290. The number of hydrogen-bond donors (Lipinski definition) is 2. The molecule has 2 aromatic rings. The highest BCUT2D eigenvalue weighted by Crippen LogP contribution is 2.14. The molecule has 0 bridgehead atoms. The molecule has 0 fully saturated rings. The number of carboxylic acids is 1. The van der Waals surface area contributed by atoms with E-state index in [1.54, 1.807) is 6.92 Å². The molecule has 1 amide bonds. The number of pyridine rings is 1.